The minimum Gasteiger partial charge on any atom is -0.479 e. The number of benzene rings is 1. The molecule has 1 aliphatic heterocycles. The van der Waals surface area contributed by atoms with Crippen LogP contribution in [0.5, 0.6) is 5.75 Å². The van der Waals surface area contributed by atoms with Crippen LogP contribution in [0.3, 0.4) is 0 Å². The second-order valence-corrected chi connectivity index (χ2v) is 6.90. The third-order valence-electron chi connectivity index (χ3n) is 5.29. The summed E-state index contributed by atoms with van der Waals surface area (Å²) in [5, 5.41) is 14.0. The van der Waals surface area contributed by atoms with E-state index in [9.17, 15) is 14.4 Å². The van der Waals surface area contributed by atoms with Gasteiger partial charge in [0.15, 0.2) is 6.10 Å². The van der Waals surface area contributed by atoms with Crippen LogP contribution in [0.1, 0.15) is 18.9 Å². The van der Waals surface area contributed by atoms with Crippen LogP contribution >= 0.6 is 0 Å². The molecule has 1 heterocycles. The number of amides is 2. The van der Waals surface area contributed by atoms with Crippen LogP contribution in [0.15, 0.2) is 41.5 Å². The average molecular weight is 354 g/mol. The van der Waals surface area contributed by atoms with Crippen molar-refractivity contribution < 1.29 is 24.2 Å². The van der Waals surface area contributed by atoms with E-state index in [-0.39, 0.29) is 35.5 Å². The van der Waals surface area contributed by atoms with Gasteiger partial charge in [0.2, 0.25) is 0 Å². The average Bonchev–Trinajstić information content (AvgIpc) is 3.28. The van der Waals surface area contributed by atoms with Gasteiger partial charge in [0, 0.05) is 0 Å². The Morgan fingerprint density at radius 2 is 1.92 bits per heavy atom. The highest BCUT2D eigenvalue weighted by atomic mass is 16.5. The number of allylic oxidation sites excluding steroid dienone is 2. The smallest absolute Gasteiger partial charge is 0.344 e. The Kier molecular flexibility index (Phi) is 3.86. The maximum atomic E-state index is 12.6. The molecule has 2 amide bonds. The fraction of sp³-hybridized carbons (Fsp3) is 0.368. The molecule has 1 N–H and O–H groups in total. The van der Waals surface area contributed by atoms with E-state index in [1.165, 1.54) is 13.1 Å². The summed E-state index contributed by atoms with van der Waals surface area (Å²) >= 11 is 0. The fourth-order valence-electron chi connectivity index (χ4n) is 4.05. The quantitative estimate of drug-likeness (QED) is 0.493. The standard InChI is InChI=1S/C19H18N2O5/c1-10(19(24)25)26-14-4-2-3-11(7-14)9-20-21-17(22)15-12-5-6-13(8-12)16(15)18(21)23/h2-7,9-10,12-13,15-16H,8H2,1H3,(H,24,25)/t10-,12-,13-,15-,16+/m0/s1. The van der Waals surface area contributed by atoms with Crippen molar-refractivity contribution in [2.45, 2.75) is 19.4 Å². The van der Waals surface area contributed by atoms with Crippen LogP contribution in [0.2, 0.25) is 0 Å². The molecule has 3 aliphatic rings. The molecule has 1 saturated heterocycles. The van der Waals surface area contributed by atoms with Gasteiger partial charge in [-0.15, -0.1) is 0 Å². The van der Waals surface area contributed by atoms with Gasteiger partial charge in [-0.2, -0.15) is 10.1 Å². The molecule has 7 heteroatoms. The van der Waals surface area contributed by atoms with Gasteiger partial charge in [-0.25, -0.2) is 4.79 Å². The summed E-state index contributed by atoms with van der Waals surface area (Å²) in [6.07, 6.45) is 5.39. The van der Waals surface area contributed by atoms with Gasteiger partial charge in [-0.1, -0.05) is 24.3 Å². The van der Waals surface area contributed by atoms with Gasteiger partial charge >= 0.3 is 5.97 Å². The molecule has 2 fully saturated rings. The molecule has 1 aromatic rings. The monoisotopic (exact) mass is 354 g/mol. The number of carboxylic acid groups (broad SMARTS) is 1. The van der Waals surface area contributed by atoms with E-state index in [4.69, 9.17) is 9.84 Å². The molecule has 0 aromatic heterocycles. The Morgan fingerprint density at radius 3 is 2.54 bits per heavy atom. The van der Waals surface area contributed by atoms with Crippen LogP contribution in [0, 0.1) is 23.7 Å². The van der Waals surface area contributed by atoms with E-state index >= 15 is 0 Å². The van der Waals surface area contributed by atoms with Crippen molar-refractivity contribution in [3.63, 3.8) is 0 Å². The number of nitrogens with zero attached hydrogens (tertiary/aromatic N) is 2. The Hall–Kier alpha value is -2.96. The van der Waals surface area contributed by atoms with Crippen LogP contribution in [0.25, 0.3) is 0 Å². The molecule has 26 heavy (non-hydrogen) atoms. The third-order valence-corrected chi connectivity index (χ3v) is 5.29. The topological polar surface area (TPSA) is 96.3 Å². The maximum Gasteiger partial charge on any atom is 0.344 e. The van der Waals surface area contributed by atoms with Gasteiger partial charge in [-0.05, 0) is 42.9 Å². The minimum absolute atomic E-state index is 0.149. The summed E-state index contributed by atoms with van der Waals surface area (Å²) in [4.78, 5) is 36.0. The van der Waals surface area contributed by atoms with Crippen molar-refractivity contribution in [2.75, 3.05) is 0 Å². The second-order valence-electron chi connectivity index (χ2n) is 6.90. The van der Waals surface area contributed by atoms with E-state index in [1.54, 1.807) is 24.3 Å². The summed E-state index contributed by atoms with van der Waals surface area (Å²) in [5.74, 6) is -1.41. The lowest BCUT2D eigenvalue weighted by molar-refractivity contribution is -0.144. The van der Waals surface area contributed by atoms with Gasteiger partial charge in [0.25, 0.3) is 11.8 Å². The molecule has 4 rings (SSSR count). The number of imide groups is 1. The van der Waals surface area contributed by atoms with Crippen molar-refractivity contribution in [3.05, 3.63) is 42.0 Å². The van der Waals surface area contributed by atoms with E-state index < -0.39 is 12.1 Å². The summed E-state index contributed by atoms with van der Waals surface area (Å²) < 4.78 is 5.31. The highest BCUT2D eigenvalue weighted by Gasteiger charge is 2.59. The first-order valence-corrected chi connectivity index (χ1v) is 8.55. The molecule has 5 atom stereocenters. The Morgan fingerprint density at radius 1 is 1.27 bits per heavy atom. The number of rotatable bonds is 5. The predicted molar refractivity (Wildman–Crippen MR) is 91.3 cm³/mol. The van der Waals surface area contributed by atoms with Crippen molar-refractivity contribution in [1.29, 1.82) is 0 Å². The number of carbonyl (C=O) groups is 3. The fourth-order valence-corrected chi connectivity index (χ4v) is 4.05. The zero-order chi connectivity index (χ0) is 18.4. The number of hydrogen-bond acceptors (Lipinski definition) is 5. The van der Waals surface area contributed by atoms with Crippen molar-refractivity contribution in [1.82, 2.24) is 5.01 Å². The molecule has 1 saturated carbocycles. The molecule has 7 nitrogen and oxygen atoms in total. The number of carboxylic acids is 1. The van der Waals surface area contributed by atoms with Gasteiger partial charge < -0.3 is 9.84 Å². The largest absolute Gasteiger partial charge is 0.479 e. The number of aliphatic carboxylic acids is 1. The Labute approximate surface area is 149 Å². The van der Waals surface area contributed by atoms with Gasteiger partial charge in [-0.3, -0.25) is 9.59 Å². The third kappa shape index (κ3) is 2.60. The summed E-state index contributed by atoms with van der Waals surface area (Å²) in [6, 6.07) is 6.67. The number of fused-ring (bicyclic) bond motifs is 5. The van der Waals surface area contributed by atoms with Crippen LogP contribution in [-0.2, 0) is 14.4 Å². The molecule has 0 unspecified atom stereocenters. The van der Waals surface area contributed by atoms with Crippen LogP contribution in [-0.4, -0.2) is 40.2 Å². The molecule has 134 valence electrons. The lowest BCUT2D eigenvalue weighted by atomic mass is 9.85. The summed E-state index contributed by atoms with van der Waals surface area (Å²) in [6.45, 7) is 1.44. The van der Waals surface area contributed by atoms with E-state index in [2.05, 4.69) is 5.10 Å². The maximum absolute atomic E-state index is 12.6. The van der Waals surface area contributed by atoms with Crippen molar-refractivity contribution >= 4 is 24.0 Å². The normalized spacial score (nSPS) is 30.3. The Balaban J connectivity index is 1.50. The highest BCUT2D eigenvalue weighted by molar-refractivity contribution is 6.06. The first-order valence-electron chi connectivity index (χ1n) is 8.55. The first kappa shape index (κ1) is 16.5. The molecule has 2 bridgehead atoms. The Bertz CT molecular complexity index is 816. The van der Waals surface area contributed by atoms with Crippen molar-refractivity contribution in [2.24, 2.45) is 28.8 Å². The highest BCUT2D eigenvalue weighted by Crippen LogP contribution is 2.52. The van der Waals surface area contributed by atoms with E-state index in [0.717, 1.165) is 11.4 Å². The number of hydrogen-bond donors (Lipinski definition) is 1. The molecule has 0 radical (unpaired) electrons. The zero-order valence-electron chi connectivity index (χ0n) is 14.1. The number of carbonyl (C=O) groups excluding carboxylic acids is 2. The van der Waals surface area contributed by atoms with E-state index in [0.29, 0.717) is 11.3 Å². The van der Waals surface area contributed by atoms with Crippen molar-refractivity contribution in [3.8, 4) is 5.75 Å². The summed E-state index contributed by atoms with van der Waals surface area (Å²) in [5.41, 5.74) is 0.610. The number of hydrazone groups is 1. The second kappa shape index (κ2) is 6.09. The SMILES string of the molecule is C[C@H](Oc1cccc(C=NN2C(=O)[C@@H]3[C@H](C2=O)[C@H]2C=C[C@H]3C2)c1)C(=O)O. The molecule has 1 aromatic carbocycles. The first-order chi connectivity index (χ1) is 12.5. The predicted octanol–water partition coefficient (Wildman–Crippen LogP) is 1.68. The lowest BCUT2D eigenvalue weighted by Gasteiger charge is -2.13. The summed E-state index contributed by atoms with van der Waals surface area (Å²) in [7, 11) is 0. The molecular weight excluding hydrogens is 336 g/mol. The van der Waals surface area contributed by atoms with E-state index in [1.807, 2.05) is 12.2 Å². The lowest BCUT2D eigenvalue weighted by Crippen LogP contribution is -2.28. The van der Waals surface area contributed by atoms with Crippen LogP contribution < -0.4 is 4.74 Å². The molecular formula is C19H18N2O5. The zero-order valence-corrected chi connectivity index (χ0v) is 14.1. The molecule has 2 aliphatic carbocycles. The molecule has 0 spiro atoms. The minimum atomic E-state index is -1.06. The van der Waals surface area contributed by atoms with Gasteiger partial charge in [0.1, 0.15) is 5.75 Å². The van der Waals surface area contributed by atoms with Gasteiger partial charge in [0.05, 0.1) is 18.1 Å². The van der Waals surface area contributed by atoms with Crippen LogP contribution in [0.4, 0.5) is 0 Å². The number of ether oxygens (including phenoxy) is 1.